The molecule has 3 aromatic rings. The number of carbonyl (C=O) groups is 2. The minimum absolute atomic E-state index is 0.0143. The molecular weight excluding hydrogens is 519 g/mol. The van der Waals surface area contributed by atoms with Gasteiger partial charge in [-0.05, 0) is 93.6 Å². The highest BCUT2D eigenvalue weighted by Crippen LogP contribution is 2.27. The Kier molecular flexibility index (Phi) is 10.3. The van der Waals surface area contributed by atoms with Crippen molar-refractivity contribution >= 4 is 17.5 Å². The summed E-state index contributed by atoms with van der Waals surface area (Å²) in [6, 6.07) is 8.01. The van der Waals surface area contributed by atoms with Gasteiger partial charge in [-0.3, -0.25) is 19.3 Å². The number of hydrogen-bond acceptors (Lipinski definition) is 5. The highest BCUT2D eigenvalue weighted by atomic mass is 19.1. The van der Waals surface area contributed by atoms with E-state index in [1.165, 1.54) is 12.1 Å². The van der Waals surface area contributed by atoms with Gasteiger partial charge in [0.2, 0.25) is 5.91 Å². The summed E-state index contributed by atoms with van der Waals surface area (Å²) in [6.07, 6.45) is 5.74. The number of halogens is 1. The number of fused-ring (bicyclic) bond motifs is 1. The summed E-state index contributed by atoms with van der Waals surface area (Å²) >= 11 is 0. The maximum absolute atomic E-state index is 14.6. The van der Waals surface area contributed by atoms with Crippen LogP contribution in [0, 0.1) is 25.6 Å². The topological polar surface area (TPSA) is 74.6 Å². The van der Waals surface area contributed by atoms with E-state index in [0.29, 0.717) is 48.7 Å². The highest BCUT2D eigenvalue weighted by Gasteiger charge is 2.25. The van der Waals surface area contributed by atoms with Crippen LogP contribution in [0.5, 0.6) is 0 Å². The predicted octanol–water partition coefficient (Wildman–Crippen LogP) is 4.93. The molecule has 2 aromatic heterocycles. The molecule has 1 aliphatic heterocycles. The van der Waals surface area contributed by atoms with Crippen LogP contribution in [0.1, 0.15) is 66.0 Å². The molecule has 0 unspecified atom stereocenters. The number of aryl methyl sites for hydroxylation is 2. The number of nitrogens with zero attached hydrogens (tertiary/aromatic N) is 6. The first-order valence-corrected chi connectivity index (χ1v) is 14.6. The van der Waals surface area contributed by atoms with Crippen LogP contribution < -0.4 is 4.90 Å². The van der Waals surface area contributed by atoms with Gasteiger partial charge in [0.05, 0.1) is 11.3 Å². The van der Waals surface area contributed by atoms with Gasteiger partial charge >= 0.3 is 0 Å². The van der Waals surface area contributed by atoms with Gasteiger partial charge in [-0.25, -0.2) is 4.39 Å². The minimum atomic E-state index is -0.387. The number of anilines is 1. The monoisotopic (exact) mass is 562 g/mol. The van der Waals surface area contributed by atoms with Crippen LogP contribution in [-0.4, -0.2) is 69.1 Å². The molecule has 3 heterocycles. The lowest BCUT2D eigenvalue weighted by molar-refractivity contribution is -0.131. The van der Waals surface area contributed by atoms with E-state index in [1.54, 1.807) is 35.5 Å². The van der Waals surface area contributed by atoms with Crippen molar-refractivity contribution in [3.05, 3.63) is 76.6 Å². The quantitative estimate of drug-likeness (QED) is 0.426. The molecule has 0 aliphatic carbocycles. The van der Waals surface area contributed by atoms with Gasteiger partial charge in [0.25, 0.3) is 5.91 Å². The van der Waals surface area contributed by atoms with E-state index in [-0.39, 0.29) is 24.2 Å². The molecule has 220 valence electrons. The molecule has 0 atom stereocenters. The molecule has 0 saturated carbocycles. The van der Waals surface area contributed by atoms with Gasteiger partial charge in [-0.2, -0.15) is 5.10 Å². The molecule has 0 radical (unpaired) electrons. The second kappa shape index (κ2) is 13.9. The lowest BCUT2D eigenvalue weighted by Crippen LogP contribution is -2.40. The summed E-state index contributed by atoms with van der Waals surface area (Å²) in [4.78, 5) is 37.6. The van der Waals surface area contributed by atoms with Crippen LogP contribution in [0.25, 0.3) is 0 Å². The van der Waals surface area contributed by atoms with Crippen LogP contribution in [0.2, 0.25) is 0 Å². The Morgan fingerprint density at radius 3 is 2.46 bits per heavy atom. The molecule has 0 spiro atoms. The van der Waals surface area contributed by atoms with Gasteiger partial charge in [0, 0.05) is 63.4 Å². The summed E-state index contributed by atoms with van der Waals surface area (Å²) in [5.74, 6) is -0.0514. The van der Waals surface area contributed by atoms with Crippen LogP contribution in [0.4, 0.5) is 10.1 Å². The predicted molar refractivity (Wildman–Crippen MR) is 159 cm³/mol. The van der Waals surface area contributed by atoms with Gasteiger partial charge in [0.15, 0.2) is 0 Å². The molecule has 0 saturated heterocycles. The van der Waals surface area contributed by atoms with Gasteiger partial charge in [-0.15, -0.1) is 0 Å². The average molecular weight is 563 g/mol. The maximum atomic E-state index is 14.6. The molecule has 0 N–H and O–H groups in total. The molecule has 1 aromatic carbocycles. The third-order valence-corrected chi connectivity index (χ3v) is 7.83. The zero-order valence-corrected chi connectivity index (χ0v) is 25.1. The number of benzene rings is 1. The van der Waals surface area contributed by atoms with Crippen molar-refractivity contribution in [3.63, 3.8) is 0 Å². The van der Waals surface area contributed by atoms with Gasteiger partial charge in [0.1, 0.15) is 5.82 Å². The summed E-state index contributed by atoms with van der Waals surface area (Å²) in [5, 5.41) is 4.49. The molecule has 8 nitrogen and oxygen atoms in total. The van der Waals surface area contributed by atoms with Gasteiger partial charge in [-0.1, -0.05) is 13.8 Å². The van der Waals surface area contributed by atoms with E-state index in [2.05, 4.69) is 28.8 Å². The van der Waals surface area contributed by atoms with E-state index >= 15 is 0 Å². The van der Waals surface area contributed by atoms with Crippen molar-refractivity contribution in [1.82, 2.24) is 24.6 Å². The number of pyridine rings is 1. The van der Waals surface area contributed by atoms with E-state index in [4.69, 9.17) is 0 Å². The highest BCUT2D eigenvalue weighted by molar-refractivity contribution is 6.06. The van der Waals surface area contributed by atoms with E-state index < -0.39 is 0 Å². The first-order valence-electron chi connectivity index (χ1n) is 14.6. The maximum Gasteiger partial charge on any atom is 0.259 e. The fourth-order valence-electron chi connectivity index (χ4n) is 5.74. The molecule has 9 heteroatoms. The number of rotatable bonds is 6. The number of aromatic nitrogens is 3. The summed E-state index contributed by atoms with van der Waals surface area (Å²) < 4.78 is 16.5. The Hall–Kier alpha value is -3.59. The lowest BCUT2D eigenvalue weighted by atomic mass is 10.1. The Balaban J connectivity index is 1.66. The molecule has 0 fully saturated rings. The van der Waals surface area contributed by atoms with Crippen molar-refractivity contribution in [2.75, 3.05) is 37.6 Å². The van der Waals surface area contributed by atoms with Crippen molar-refractivity contribution < 1.29 is 14.0 Å². The third kappa shape index (κ3) is 7.79. The Bertz CT molecular complexity index is 1340. The zero-order valence-electron chi connectivity index (χ0n) is 25.1. The Labute approximate surface area is 243 Å². The van der Waals surface area contributed by atoms with Crippen molar-refractivity contribution in [1.29, 1.82) is 0 Å². The smallest absolute Gasteiger partial charge is 0.259 e. The average Bonchev–Trinajstić information content (AvgIpc) is 3.18. The summed E-state index contributed by atoms with van der Waals surface area (Å²) in [6.45, 7) is 12.3. The van der Waals surface area contributed by atoms with Crippen molar-refractivity contribution in [3.8, 4) is 0 Å². The fourth-order valence-corrected chi connectivity index (χ4v) is 5.74. The van der Waals surface area contributed by atoms with E-state index in [9.17, 15) is 14.0 Å². The van der Waals surface area contributed by atoms with Crippen LogP contribution in [0.3, 0.4) is 0 Å². The third-order valence-electron chi connectivity index (χ3n) is 7.83. The standard InChI is InChI=1S/C32H43FN6O2/c1-23(2)21-37-15-7-17-38(31(40)13-11-29-24(3)35-36(5)25(29)4)22-27-19-28(33)10-12-30(27)39(18-8-16-37)32(41)26-9-6-14-34-20-26/h6,9-10,12,14,19-20,23H,7-8,11,13,15-18,21-22H2,1-5H3. The molecule has 41 heavy (non-hydrogen) atoms. The number of carbonyl (C=O) groups excluding carboxylic acids is 2. The molecular formula is C32H43FN6O2. The first-order chi connectivity index (χ1) is 19.6. The fraction of sp³-hybridized carbons (Fsp3) is 0.500. The van der Waals surface area contributed by atoms with Crippen LogP contribution in [-0.2, 0) is 24.8 Å². The summed E-state index contributed by atoms with van der Waals surface area (Å²) in [7, 11) is 1.91. The normalized spacial score (nSPS) is 15.4. The summed E-state index contributed by atoms with van der Waals surface area (Å²) in [5.41, 5.74) is 4.83. The number of amides is 2. The van der Waals surface area contributed by atoms with Crippen LogP contribution in [0.15, 0.2) is 42.7 Å². The Morgan fingerprint density at radius 1 is 1.05 bits per heavy atom. The zero-order chi connectivity index (χ0) is 29.5. The van der Waals surface area contributed by atoms with E-state index in [1.807, 2.05) is 30.5 Å². The van der Waals surface area contributed by atoms with Gasteiger partial charge < -0.3 is 14.7 Å². The molecule has 2 amide bonds. The van der Waals surface area contributed by atoms with Crippen molar-refractivity contribution in [2.24, 2.45) is 13.0 Å². The molecule has 0 bridgehead atoms. The first kappa shape index (κ1) is 30.4. The largest absolute Gasteiger partial charge is 0.338 e. The second-order valence-electron chi connectivity index (χ2n) is 11.5. The SMILES string of the molecule is Cc1nn(C)c(C)c1CCC(=O)N1CCCN(CC(C)C)CCCN(C(=O)c2cccnc2)c2ccc(F)cc2C1. The molecule has 4 rings (SSSR count). The number of hydrogen-bond donors (Lipinski definition) is 0. The minimum Gasteiger partial charge on any atom is -0.338 e. The Morgan fingerprint density at radius 2 is 1.80 bits per heavy atom. The van der Waals surface area contributed by atoms with Crippen LogP contribution >= 0.6 is 0 Å². The molecule has 1 aliphatic rings. The second-order valence-corrected chi connectivity index (χ2v) is 11.5. The van der Waals surface area contributed by atoms with Crippen molar-refractivity contribution in [2.45, 2.75) is 59.9 Å². The lowest BCUT2D eigenvalue weighted by Gasteiger charge is -2.32. The van der Waals surface area contributed by atoms with E-state index in [0.717, 1.165) is 49.4 Å².